The Kier molecular flexibility index (Phi) is 8.97. The zero-order valence-corrected chi connectivity index (χ0v) is 20.1. The van der Waals surface area contributed by atoms with Gasteiger partial charge in [-0.1, -0.05) is 67.1 Å². The first kappa shape index (κ1) is 24.3. The minimum Gasteiger partial charge on any atom is -0.340 e. The van der Waals surface area contributed by atoms with Crippen LogP contribution in [0.1, 0.15) is 55.7 Å². The van der Waals surface area contributed by atoms with Crippen LogP contribution in [0, 0.1) is 5.92 Å². The summed E-state index contributed by atoms with van der Waals surface area (Å²) in [4.78, 5) is 29.9. The monoisotopic (exact) mass is 462 g/mol. The summed E-state index contributed by atoms with van der Waals surface area (Å²) >= 11 is 0. The van der Waals surface area contributed by atoms with Crippen LogP contribution in [0.25, 0.3) is 0 Å². The van der Waals surface area contributed by atoms with Crippen LogP contribution in [0.3, 0.4) is 0 Å². The number of carbonyl (C=O) groups is 2. The SMILES string of the molecule is O=C(NCC1CCCN(Cc2ccccc2)C1)NC(CN1CCCCCC1=O)c1ccccc1. The predicted molar refractivity (Wildman–Crippen MR) is 135 cm³/mol. The van der Waals surface area contributed by atoms with Gasteiger partial charge in [0.15, 0.2) is 0 Å². The second-order valence-corrected chi connectivity index (χ2v) is 9.70. The highest BCUT2D eigenvalue weighted by atomic mass is 16.2. The van der Waals surface area contributed by atoms with Crippen molar-refractivity contribution in [2.75, 3.05) is 32.7 Å². The van der Waals surface area contributed by atoms with Gasteiger partial charge < -0.3 is 15.5 Å². The van der Waals surface area contributed by atoms with Crippen molar-refractivity contribution < 1.29 is 9.59 Å². The molecule has 6 heteroatoms. The Morgan fingerprint density at radius 2 is 1.71 bits per heavy atom. The van der Waals surface area contributed by atoms with Gasteiger partial charge in [0.05, 0.1) is 6.04 Å². The molecule has 2 unspecified atom stereocenters. The molecule has 182 valence electrons. The lowest BCUT2D eigenvalue weighted by Crippen LogP contribution is -2.46. The van der Waals surface area contributed by atoms with Crippen LogP contribution >= 0.6 is 0 Å². The Bertz CT molecular complexity index is 905. The first-order valence-electron chi connectivity index (χ1n) is 12.8. The highest BCUT2D eigenvalue weighted by molar-refractivity contribution is 5.77. The standard InChI is InChI=1S/C28H38N4O2/c33-27-16-8-3-9-18-32(27)22-26(25-14-6-2-7-15-25)30-28(34)29-19-24-13-10-17-31(21-24)20-23-11-4-1-5-12-23/h1-2,4-7,11-12,14-15,24,26H,3,8-10,13,16-22H2,(H2,29,30,34). The van der Waals surface area contributed by atoms with Crippen molar-refractivity contribution in [2.45, 2.75) is 51.1 Å². The molecule has 3 amide bonds. The minimum absolute atomic E-state index is 0.156. The maximum Gasteiger partial charge on any atom is 0.315 e. The number of piperidine rings is 1. The van der Waals surface area contributed by atoms with E-state index in [9.17, 15) is 9.59 Å². The molecule has 0 spiro atoms. The third-order valence-electron chi connectivity index (χ3n) is 6.99. The molecule has 2 heterocycles. The first-order valence-corrected chi connectivity index (χ1v) is 12.8. The molecule has 2 aliphatic heterocycles. The molecule has 2 aliphatic rings. The van der Waals surface area contributed by atoms with Gasteiger partial charge in [0.2, 0.25) is 5.91 Å². The zero-order valence-electron chi connectivity index (χ0n) is 20.1. The van der Waals surface area contributed by atoms with Crippen LogP contribution in [-0.2, 0) is 11.3 Å². The van der Waals surface area contributed by atoms with Gasteiger partial charge in [-0.2, -0.15) is 0 Å². The Morgan fingerprint density at radius 3 is 2.50 bits per heavy atom. The normalized spacial score (nSPS) is 20.4. The quantitative estimate of drug-likeness (QED) is 0.613. The molecule has 6 nitrogen and oxygen atoms in total. The average molecular weight is 463 g/mol. The number of hydrogen-bond acceptors (Lipinski definition) is 3. The first-order chi connectivity index (χ1) is 16.7. The Balaban J connectivity index is 1.30. The lowest BCUT2D eigenvalue weighted by atomic mass is 9.97. The number of urea groups is 1. The summed E-state index contributed by atoms with van der Waals surface area (Å²) in [7, 11) is 0. The molecule has 0 saturated carbocycles. The summed E-state index contributed by atoms with van der Waals surface area (Å²) in [6.07, 6.45) is 5.98. The van der Waals surface area contributed by atoms with Crippen LogP contribution in [0.2, 0.25) is 0 Å². The Hall–Kier alpha value is -2.86. The van der Waals surface area contributed by atoms with Gasteiger partial charge in [0.1, 0.15) is 0 Å². The molecule has 0 aromatic heterocycles. The van der Waals surface area contributed by atoms with E-state index in [1.807, 2.05) is 35.2 Å². The van der Waals surface area contributed by atoms with Gasteiger partial charge in [0.25, 0.3) is 0 Å². The Labute approximate surface area is 203 Å². The third kappa shape index (κ3) is 7.32. The molecule has 0 aliphatic carbocycles. The van der Waals surface area contributed by atoms with E-state index in [0.717, 1.165) is 63.8 Å². The van der Waals surface area contributed by atoms with Crippen molar-refractivity contribution in [1.29, 1.82) is 0 Å². The van der Waals surface area contributed by atoms with Gasteiger partial charge in [-0.3, -0.25) is 9.69 Å². The summed E-state index contributed by atoms with van der Waals surface area (Å²) in [6, 6.07) is 20.2. The number of carbonyl (C=O) groups excluding carboxylic acids is 2. The molecule has 34 heavy (non-hydrogen) atoms. The van der Waals surface area contributed by atoms with E-state index < -0.39 is 0 Å². The van der Waals surface area contributed by atoms with Crippen LogP contribution in [0.4, 0.5) is 4.79 Å². The minimum atomic E-state index is -0.218. The van der Waals surface area contributed by atoms with Crippen molar-refractivity contribution in [1.82, 2.24) is 20.4 Å². The largest absolute Gasteiger partial charge is 0.340 e. The lowest BCUT2D eigenvalue weighted by Gasteiger charge is -2.33. The number of nitrogens with one attached hydrogen (secondary N) is 2. The molecule has 4 rings (SSSR count). The van der Waals surface area contributed by atoms with Crippen molar-refractivity contribution in [3.8, 4) is 0 Å². The van der Waals surface area contributed by atoms with E-state index in [0.29, 0.717) is 25.4 Å². The summed E-state index contributed by atoms with van der Waals surface area (Å²) in [5.74, 6) is 0.645. The number of amides is 3. The average Bonchev–Trinajstić information content (AvgIpc) is 3.07. The lowest BCUT2D eigenvalue weighted by molar-refractivity contribution is -0.131. The number of hydrogen-bond donors (Lipinski definition) is 2. The number of likely N-dealkylation sites (tertiary alicyclic amines) is 2. The molecule has 0 bridgehead atoms. The van der Waals surface area contributed by atoms with Crippen LogP contribution in [-0.4, -0.2) is 54.5 Å². The summed E-state index contributed by atoms with van der Waals surface area (Å²) in [5, 5.41) is 6.27. The van der Waals surface area contributed by atoms with Gasteiger partial charge in [-0.15, -0.1) is 0 Å². The third-order valence-corrected chi connectivity index (χ3v) is 6.99. The second-order valence-electron chi connectivity index (χ2n) is 9.70. The van der Waals surface area contributed by atoms with E-state index in [4.69, 9.17) is 0 Å². The molecule has 2 aromatic carbocycles. The maximum absolute atomic E-state index is 12.9. The van der Waals surface area contributed by atoms with Crippen molar-refractivity contribution in [2.24, 2.45) is 5.92 Å². The molecule has 2 N–H and O–H groups in total. The second kappa shape index (κ2) is 12.6. The van der Waals surface area contributed by atoms with E-state index in [1.165, 1.54) is 5.56 Å². The zero-order chi connectivity index (χ0) is 23.6. The number of benzene rings is 2. The summed E-state index contributed by atoms with van der Waals surface area (Å²) in [5.41, 5.74) is 2.36. The number of rotatable bonds is 8. The van der Waals surface area contributed by atoms with Crippen LogP contribution in [0.15, 0.2) is 60.7 Å². The smallest absolute Gasteiger partial charge is 0.315 e. The fourth-order valence-electron chi connectivity index (χ4n) is 5.12. The molecular formula is C28H38N4O2. The molecule has 0 radical (unpaired) electrons. The van der Waals surface area contributed by atoms with Crippen LogP contribution < -0.4 is 10.6 Å². The molecule has 2 aromatic rings. The van der Waals surface area contributed by atoms with Gasteiger partial charge in [0, 0.05) is 39.1 Å². The maximum atomic E-state index is 12.9. The topological polar surface area (TPSA) is 64.7 Å². The summed E-state index contributed by atoms with van der Waals surface area (Å²) < 4.78 is 0. The predicted octanol–water partition coefficient (Wildman–Crippen LogP) is 4.34. The van der Waals surface area contributed by atoms with E-state index in [1.54, 1.807) is 0 Å². The molecular weight excluding hydrogens is 424 g/mol. The van der Waals surface area contributed by atoms with Crippen molar-refractivity contribution >= 4 is 11.9 Å². The van der Waals surface area contributed by atoms with Crippen molar-refractivity contribution in [3.05, 3.63) is 71.8 Å². The Morgan fingerprint density at radius 1 is 0.941 bits per heavy atom. The van der Waals surface area contributed by atoms with Gasteiger partial charge >= 0.3 is 6.03 Å². The van der Waals surface area contributed by atoms with Crippen LogP contribution in [0.5, 0.6) is 0 Å². The fraction of sp³-hybridized carbons (Fsp3) is 0.500. The van der Waals surface area contributed by atoms with Gasteiger partial charge in [-0.05, 0) is 49.3 Å². The van der Waals surface area contributed by atoms with E-state index >= 15 is 0 Å². The number of nitrogens with zero attached hydrogens (tertiary/aromatic N) is 2. The molecule has 2 atom stereocenters. The van der Waals surface area contributed by atoms with E-state index in [2.05, 4.69) is 45.9 Å². The van der Waals surface area contributed by atoms with Crippen molar-refractivity contribution in [3.63, 3.8) is 0 Å². The highest BCUT2D eigenvalue weighted by Gasteiger charge is 2.24. The molecule has 2 fully saturated rings. The molecule has 2 saturated heterocycles. The van der Waals surface area contributed by atoms with E-state index in [-0.39, 0.29) is 18.0 Å². The summed E-state index contributed by atoms with van der Waals surface area (Å²) in [6.45, 7) is 5.02. The van der Waals surface area contributed by atoms with Gasteiger partial charge in [-0.25, -0.2) is 4.79 Å². The fourth-order valence-corrected chi connectivity index (χ4v) is 5.12. The highest BCUT2D eigenvalue weighted by Crippen LogP contribution is 2.20.